The summed E-state index contributed by atoms with van der Waals surface area (Å²) in [7, 11) is 0. The molecule has 0 bridgehead atoms. The van der Waals surface area contributed by atoms with Gasteiger partial charge < -0.3 is 31.9 Å². The van der Waals surface area contributed by atoms with Crippen molar-refractivity contribution in [2.24, 2.45) is 11.5 Å². The number of nitrogens with one attached hydrogen (secondary N) is 2. The molecule has 1 rings (SSSR count). The average Bonchev–Trinajstić information content (AvgIpc) is 2.69. The van der Waals surface area contributed by atoms with Gasteiger partial charge in [-0.05, 0) is 24.9 Å². The molecular weight excluding hydrogens is 368 g/mol. The van der Waals surface area contributed by atoms with E-state index in [1.807, 2.05) is 5.32 Å². The summed E-state index contributed by atoms with van der Waals surface area (Å²) in [5.74, 6) is -4.03. The maximum Gasteiger partial charge on any atom is 0.338 e. The number of carboxylic acids is 1. The summed E-state index contributed by atoms with van der Waals surface area (Å²) >= 11 is 0. The minimum atomic E-state index is -1.71. The Bertz CT molecular complexity index is 667. The van der Waals surface area contributed by atoms with Crippen molar-refractivity contribution >= 4 is 23.8 Å². The number of esters is 1. The molecule has 0 radical (unpaired) electrons. The predicted molar refractivity (Wildman–Crippen MR) is 99.7 cm³/mol. The Balaban J connectivity index is 2.73. The molecule has 10 nitrogen and oxygen atoms in total. The van der Waals surface area contributed by atoms with Crippen molar-refractivity contribution in [2.75, 3.05) is 13.1 Å². The summed E-state index contributed by atoms with van der Waals surface area (Å²) in [6, 6.07) is 6.08. The van der Waals surface area contributed by atoms with Crippen molar-refractivity contribution in [2.45, 2.75) is 38.0 Å². The van der Waals surface area contributed by atoms with Crippen LogP contribution in [0.2, 0.25) is 0 Å². The van der Waals surface area contributed by atoms with E-state index in [4.69, 9.17) is 21.3 Å². The maximum atomic E-state index is 12.3. The van der Waals surface area contributed by atoms with E-state index < -0.39 is 42.4 Å². The van der Waals surface area contributed by atoms with Gasteiger partial charge in [0.2, 0.25) is 11.9 Å². The first-order valence-corrected chi connectivity index (χ1v) is 8.81. The van der Waals surface area contributed by atoms with Crippen LogP contribution in [0.15, 0.2) is 30.3 Å². The van der Waals surface area contributed by atoms with Crippen LogP contribution in [0.5, 0.6) is 0 Å². The topological polar surface area (TPSA) is 174 Å². The molecule has 0 fully saturated rings. The lowest BCUT2D eigenvalue weighted by atomic mass is 10.1. The minimum absolute atomic E-state index is 0.110. The fraction of sp³-hybridized carbons (Fsp3) is 0.444. The summed E-state index contributed by atoms with van der Waals surface area (Å²) in [5, 5.41) is 13.0. The highest BCUT2D eigenvalue weighted by molar-refractivity contribution is 6.05. The Morgan fingerprint density at radius 2 is 1.75 bits per heavy atom. The van der Waals surface area contributed by atoms with Gasteiger partial charge in [0.1, 0.15) is 13.2 Å². The van der Waals surface area contributed by atoms with Crippen molar-refractivity contribution < 1.29 is 29.0 Å². The Morgan fingerprint density at radius 3 is 2.36 bits per heavy atom. The van der Waals surface area contributed by atoms with Crippen molar-refractivity contribution in [1.29, 1.82) is 0 Å². The van der Waals surface area contributed by atoms with Crippen molar-refractivity contribution in [1.82, 2.24) is 10.6 Å². The molecule has 1 aromatic rings. The van der Waals surface area contributed by atoms with Crippen LogP contribution >= 0.6 is 0 Å². The second-order valence-corrected chi connectivity index (χ2v) is 6.04. The lowest BCUT2D eigenvalue weighted by molar-refractivity contribution is -0.153. The van der Waals surface area contributed by atoms with Gasteiger partial charge in [0.25, 0.3) is 5.91 Å². The second-order valence-electron chi connectivity index (χ2n) is 6.04. The van der Waals surface area contributed by atoms with Crippen LogP contribution in [0.3, 0.4) is 0 Å². The van der Waals surface area contributed by atoms with E-state index in [-0.39, 0.29) is 6.61 Å². The number of carbonyl (C=O) groups is 4. The van der Waals surface area contributed by atoms with E-state index >= 15 is 0 Å². The Kier molecular flexibility index (Phi) is 10.2. The molecule has 154 valence electrons. The quantitative estimate of drug-likeness (QED) is 0.168. The van der Waals surface area contributed by atoms with Crippen LogP contribution < -0.4 is 22.1 Å². The molecule has 0 aromatic heterocycles. The number of hydrogen-bond donors (Lipinski definition) is 5. The summed E-state index contributed by atoms with van der Waals surface area (Å²) < 4.78 is 5.08. The molecule has 1 aromatic carbocycles. The Hall–Kier alpha value is -2.98. The van der Waals surface area contributed by atoms with E-state index in [1.54, 1.807) is 30.3 Å². The zero-order valence-corrected chi connectivity index (χ0v) is 15.4. The molecule has 7 N–H and O–H groups in total. The molecule has 0 aliphatic carbocycles. The van der Waals surface area contributed by atoms with Gasteiger partial charge >= 0.3 is 11.9 Å². The van der Waals surface area contributed by atoms with Gasteiger partial charge in [-0.2, -0.15) is 0 Å². The first kappa shape index (κ1) is 23.1. The van der Waals surface area contributed by atoms with Gasteiger partial charge in [0, 0.05) is 0 Å². The summed E-state index contributed by atoms with van der Waals surface area (Å²) in [6.45, 7) is -0.360. The molecular formula is C18H26N4O6. The SMILES string of the molecule is NCCCC[C@H](N)C(=O)NC(C(=O)NCC(=O)O)C(=O)OCc1ccccc1. The molecule has 0 aliphatic heterocycles. The zero-order chi connectivity index (χ0) is 20.9. The Morgan fingerprint density at radius 1 is 1.07 bits per heavy atom. The fourth-order valence-electron chi connectivity index (χ4n) is 2.20. The van der Waals surface area contributed by atoms with Crippen molar-refractivity contribution in [3.05, 3.63) is 35.9 Å². The minimum Gasteiger partial charge on any atom is -0.480 e. The number of carbonyl (C=O) groups excluding carboxylic acids is 3. The van der Waals surface area contributed by atoms with Crippen LogP contribution in [0.4, 0.5) is 0 Å². The van der Waals surface area contributed by atoms with Crippen LogP contribution in [-0.2, 0) is 30.5 Å². The number of hydrogen-bond acceptors (Lipinski definition) is 7. The van der Waals surface area contributed by atoms with Crippen LogP contribution in [0.1, 0.15) is 24.8 Å². The van der Waals surface area contributed by atoms with Crippen LogP contribution in [0, 0.1) is 0 Å². The predicted octanol–water partition coefficient (Wildman–Crippen LogP) is -1.13. The first-order chi connectivity index (χ1) is 13.3. The molecule has 0 saturated heterocycles. The molecule has 2 atom stereocenters. The number of unbranched alkanes of at least 4 members (excludes halogenated alkanes) is 1. The van der Waals surface area contributed by atoms with Gasteiger partial charge in [-0.1, -0.05) is 36.8 Å². The zero-order valence-electron chi connectivity index (χ0n) is 15.4. The van der Waals surface area contributed by atoms with Gasteiger partial charge in [0.05, 0.1) is 6.04 Å². The molecule has 28 heavy (non-hydrogen) atoms. The smallest absolute Gasteiger partial charge is 0.338 e. The maximum absolute atomic E-state index is 12.3. The number of benzene rings is 1. The Labute approximate surface area is 162 Å². The molecule has 0 aliphatic rings. The summed E-state index contributed by atoms with van der Waals surface area (Å²) in [6.07, 6.45) is 1.62. The normalized spacial score (nSPS) is 12.5. The third-order valence-corrected chi connectivity index (χ3v) is 3.73. The molecule has 1 unspecified atom stereocenters. The molecule has 0 heterocycles. The van der Waals surface area contributed by atoms with Crippen molar-refractivity contribution in [3.63, 3.8) is 0 Å². The lowest BCUT2D eigenvalue weighted by Crippen LogP contribution is -2.56. The van der Waals surface area contributed by atoms with E-state index in [2.05, 4.69) is 5.32 Å². The highest BCUT2D eigenvalue weighted by Gasteiger charge is 2.31. The molecule has 0 spiro atoms. The average molecular weight is 394 g/mol. The number of nitrogens with two attached hydrogens (primary N) is 2. The number of rotatable bonds is 12. The molecule has 10 heteroatoms. The van der Waals surface area contributed by atoms with E-state index in [0.29, 0.717) is 31.4 Å². The standard InChI is InChI=1S/C18H26N4O6/c19-9-5-4-8-13(20)16(25)22-15(17(26)21-10-14(23)24)18(27)28-11-12-6-2-1-3-7-12/h1-3,6-7,13,15H,4-5,8-11,19-20H2,(H,21,26)(H,22,25)(H,23,24)/t13-,15?/m0/s1. The summed E-state index contributed by atoms with van der Waals surface area (Å²) in [5.41, 5.74) is 11.8. The largest absolute Gasteiger partial charge is 0.480 e. The van der Waals surface area contributed by atoms with Crippen molar-refractivity contribution in [3.8, 4) is 0 Å². The lowest BCUT2D eigenvalue weighted by Gasteiger charge is -2.19. The third kappa shape index (κ3) is 8.60. The highest BCUT2D eigenvalue weighted by atomic mass is 16.5. The van der Waals surface area contributed by atoms with Crippen LogP contribution in [-0.4, -0.2) is 54.0 Å². The summed E-state index contributed by atoms with van der Waals surface area (Å²) in [4.78, 5) is 47.3. The van der Waals surface area contributed by atoms with E-state index in [0.717, 1.165) is 0 Å². The van der Waals surface area contributed by atoms with Gasteiger partial charge in [0.15, 0.2) is 0 Å². The number of ether oxygens (including phenoxy) is 1. The number of amides is 2. The highest BCUT2D eigenvalue weighted by Crippen LogP contribution is 2.04. The number of aliphatic carboxylic acids is 1. The monoisotopic (exact) mass is 394 g/mol. The second kappa shape index (κ2) is 12.4. The fourth-order valence-corrected chi connectivity index (χ4v) is 2.20. The number of carboxylic acid groups (broad SMARTS) is 1. The first-order valence-electron chi connectivity index (χ1n) is 8.81. The third-order valence-electron chi connectivity index (χ3n) is 3.73. The van der Waals surface area contributed by atoms with Gasteiger partial charge in [-0.15, -0.1) is 0 Å². The van der Waals surface area contributed by atoms with Gasteiger partial charge in [-0.25, -0.2) is 4.79 Å². The van der Waals surface area contributed by atoms with Gasteiger partial charge in [-0.3, -0.25) is 14.4 Å². The van der Waals surface area contributed by atoms with E-state index in [1.165, 1.54) is 0 Å². The molecule has 2 amide bonds. The molecule has 0 saturated carbocycles. The van der Waals surface area contributed by atoms with E-state index in [9.17, 15) is 19.2 Å². The van der Waals surface area contributed by atoms with Crippen LogP contribution in [0.25, 0.3) is 0 Å².